The second kappa shape index (κ2) is 4.55. The molecular weight excluding hydrogens is 220 g/mol. The van der Waals surface area contributed by atoms with Crippen molar-refractivity contribution < 1.29 is 4.79 Å². The summed E-state index contributed by atoms with van der Waals surface area (Å²) < 4.78 is 0. The maximum atomic E-state index is 11.8. The Balaban J connectivity index is 2.01. The van der Waals surface area contributed by atoms with Crippen LogP contribution in [0.1, 0.15) is 31.2 Å². The minimum Gasteiger partial charge on any atom is -0.348 e. The highest BCUT2D eigenvalue weighted by molar-refractivity contribution is 7.10. The van der Waals surface area contributed by atoms with Crippen LogP contribution in [-0.2, 0) is 4.79 Å². The maximum absolute atomic E-state index is 11.8. The Kier molecular flexibility index (Phi) is 3.30. The molecule has 1 fully saturated rings. The third-order valence-electron chi connectivity index (χ3n) is 2.99. The Bertz CT molecular complexity index is 361. The third-order valence-corrected chi connectivity index (χ3v) is 3.95. The van der Waals surface area contributed by atoms with E-state index in [-0.39, 0.29) is 23.9 Å². The molecule has 1 aromatic rings. The van der Waals surface area contributed by atoms with Crippen LogP contribution in [0.25, 0.3) is 0 Å². The highest BCUT2D eigenvalue weighted by atomic mass is 32.1. The first-order valence-electron chi connectivity index (χ1n) is 5.69. The highest BCUT2D eigenvalue weighted by Crippen LogP contribution is 2.31. The summed E-state index contributed by atoms with van der Waals surface area (Å²) in [6.07, 6.45) is 0.834. The van der Waals surface area contributed by atoms with Crippen LogP contribution in [-0.4, -0.2) is 11.9 Å². The van der Waals surface area contributed by atoms with Crippen LogP contribution in [0.4, 0.5) is 0 Å². The molecule has 1 heterocycles. The largest absolute Gasteiger partial charge is 0.348 e. The normalized spacial score (nSPS) is 25.5. The fourth-order valence-electron chi connectivity index (χ4n) is 1.81. The lowest BCUT2D eigenvalue weighted by Crippen LogP contribution is -2.33. The number of amides is 1. The summed E-state index contributed by atoms with van der Waals surface area (Å²) in [5.74, 6) is 0.554. The molecule has 3 nitrogen and oxygen atoms in total. The van der Waals surface area contributed by atoms with Crippen molar-refractivity contribution >= 4 is 17.2 Å². The topological polar surface area (TPSA) is 55.1 Å². The smallest absolute Gasteiger partial charge is 0.225 e. The number of carbonyl (C=O) groups excluding carboxylic acids is 1. The first kappa shape index (κ1) is 11.6. The monoisotopic (exact) mass is 238 g/mol. The van der Waals surface area contributed by atoms with Crippen LogP contribution in [0.3, 0.4) is 0 Å². The van der Waals surface area contributed by atoms with E-state index in [0.717, 1.165) is 6.42 Å². The van der Waals surface area contributed by atoms with Gasteiger partial charge in [0.1, 0.15) is 0 Å². The lowest BCUT2D eigenvalue weighted by atomic mass is 10.0. The van der Waals surface area contributed by atoms with E-state index in [4.69, 9.17) is 5.73 Å². The van der Waals surface area contributed by atoms with Gasteiger partial charge in [-0.3, -0.25) is 4.79 Å². The summed E-state index contributed by atoms with van der Waals surface area (Å²) in [6.45, 7) is 4.25. The van der Waals surface area contributed by atoms with E-state index in [2.05, 4.69) is 25.2 Å². The van der Waals surface area contributed by atoms with Gasteiger partial charge in [-0.25, -0.2) is 0 Å². The van der Waals surface area contributed by atoms with E-state index in [1.165, 1.54) is 4.88 Å². The van der Waals surface area contributed by atoms with Crippen LogP contribution < -0.4 is 11.1 Å². The standard InChI is InChI=1S/C12H18N2OS/c1-7(2)11(10-4-3-5-16-10)14-12(15)8-6-9(8)13/h3-5,7-9,11H,6,13H2,1-2H3,(H,14,15). The quantitative estimate of drug-likeness (QED) is 0.842. The SMILES string of the molecule is CC(C)C(NC(=O)C1CC1N)c1cccs1. The summed E-state index contributed by atoms with van der Waals surface area (Å²) in [6, 6.07) is 4.30. The van der Waals surface area contributed by atoms with Crippen molar-refractivity contribution in [1.29, 1.82) is 0 Å². The van der Waals surface area contributed by atoms with Gasteiger partial charge in [0.25, 0.3) is 0 Å². The molecule has 2 rings (SSSR count). The minimum atomic E-state index is 0.0428. The average molecular weight is 238 g/mol. The first-order valence-corrected chi connectivity index (χ1v) is 6.57. The zero-order valence-electron chi connectivity index (χ0n) is 9.64. The van der Waals surface area contributed by atoms with E-state index in [9.17, 15) is 4.79 Å². The van der Waals surface area contributed by atoms with Gasteiger partial charge in [-0.05, 0) is 23.8 Å². The van der Waals surface area contributed by atoms with Crippen molar-refractivity contribution in [2.75, 3.05) is 0 Å². The summed E-state index contributed by atoms with van der Waals surface area (Å²) in [5.41, 5.74) is 5.68. The molecular formula is C12H18N2OS. The molecule has 0 aliphatic heterocycles. The highest BCUT2D eigenvalue weighted by Gasteiger charge is 2.40. The molecule has 1 aromatic heterocycles. The number of nitrogens with one attached hydrogen (secondary N) is 1. The summed E-state index contributed by atoms with van der Waals surface area (Å²) in [4.78, 5) is 13.1. The molecule has 3 atom stereocenters. The number of hydrogen-bond acceptors (Lipinski definition) is 3. The van der Waals surface area contributed by atoms with Gasteiger partial charge >= 0.3 is 0 Å². The number of carbonyl (C=O) groups is 1. The van der Waals surface area contributed by atoms with E-state index >= 15 is 0 Å². The van der Waals surface area contributed by atoms with Crippen molar-refractivity contribution in [3.05, 3.63) is 22.4 Å². The molecule has 1 saturated carbocycles. The molecule has 4 heteroatoms. The zero-order chi connectivity index (χ0) is 11.7. The van der Waals surface area contributed by atoms with Gasteiger partial charge in [-0.15, -0.1) is 11.3 Å². The van der Waals surface area contributed by atoms with Gasteiger partial charge in [-0.2, -0.15) is 0 Å². The fraction of sp³-hybridized carbons (Fsp3) is 0.583. The second-order valence-electron chi connectivity index (χ2n) is 4.75. The predicted molar refractivity (Wildman–Crippen MR) is 66.1 cm³/mol. The Morgan fingerprint density at radius 2 is 2.31 bits per heavy atom. The summed E-state index contributed by atoms with van der Waals surface area (Å²) >= 11 is 1.69. The molecule has 1 aliphatic carbocycles. The number of hydrogen-bond donors (Lipinski definition) is 2. The molecule has 1 amide bonds. The third kappa shape index (κ3) is 2.44. The molecule has 0 radical (unpaired) electrons. The molecule has 0 bridgehead atoms. The molecule has 0 spiro atoms. The van der Waals surface area contributed by atoms with Gasteiger partial charge in [-0.1, -0.05) is 19.9 Å². The summed E-state index contributed by atoms with van der Waals surface area (Å²) in [5, 5.41) is 5.14. The molecule has 3 unspecified atom stereocenters. The predicted octanol–water partition coefficient (Wildman–Crippen LogP) is 1.91. The number of thiophene rings is 1. The van der Waals surface area contributed by atoms with Crippen molar-refractivity contribution in [1.82, 2.24) is 5.32 Å². The summed E-state index contributed by atoms with van der Waals surface area (Å²) in [7, 11) is 0. The van der Waals surface area contributed by atoms with Gasteiger partial charge in [0.15, 0.2) is 0 Å². The van der Waals surface area contributed by atoms with E-state index in [0.29, 0.717) is 5.92 Å². The van der Waals surface area contributed by atoms with Gasteiger partial charge in [0, 0.05) is 10.9 Å². The maximum Gasteiger partial charge on any atom is 0.225 e. The van der Waals surface area contributed by atoms with Crippen LogP contribution in [0.15, 0.2) is 17.5 Å². The Labute approximate surface area is 100 Å². The zero-order valence-corrected chi connectivity index (χ0v) is 10.5. The van der Waals surface area contributed by atoms with Crippen LogP contribution in [0.5, 0.6) is 0 Å². The van der Waals surface area contributed by atoms with Crippen molar-refractivity contribution in [3.63, 3.8) is 0 Å². The second-order valence-corrected chi connectivity index (χ2v) is 5.73. The fourth-order valence-corrected chi connectivity index (χ4v) is 2.76. The average Bonchev–Trinajstić information content (AvgIpc) is 2.77. The first-order chi connectivity index (χ1) is 7.59. The molecule has 0 saturated heterocycles. The minimum absolute atomic E-state index is 0.0428. The molecule has 0 aromatic carbocycles. The van der Waals surface area contributed by atoms with Crippen molar-refractivity contribution in [2.24, 2.45) is 17.6 Å². The van der Waals surface area contributed by atoms with Crippen molar-refractivity contribution in [3.8, 4) is 0 Å². The number of rotatable bonds is 4. The Morgan fingerprint density at radius 1 is 1.62 bits per heavy atom. The molecule has 3 N–H and O–H groups in total. The lowest BCUT2D eigenvalue weighted by Gasteiger charge is -2.21. The van der Waals surface area contributed by atoms with Gasteiger partial charge in [0.2, 0.25) is 5.91 Å². The van der Waals surface area contributed by atoms with E-state index in [1.54, 1.807) is 11.3 Å². The molecule has 16 heavy (non-hydrogen) atoms. The van der Waals surface area contributed by atoms with E-state index < -0.39 is 0 Å². The molecule has 88 valence electrons. The lowest BCUT2D eigenvalue weighted by molar-refractivity contribution is -0.123. The van der Waals surface area contributed by atoms with Crippen LogP contribution >= 0.6 is 11.3 Å². The molecule has 1 aliphatic rings. The van der Waals surface area contributed by atoms with Gasteiger partial charge < -0.3 is 11.1 Å². The van der Waals surface area contributed by atoms with Crippen molar-refractivity contribution in [2.45, 2.75) is 32.4 Å². The van der Waals surface area contributed by atoms with Gasteiger partial charge in [0.05, 0.1) is 12.0 Å². The number of nitrogens with two attached hydrogens (primary N) is 1. The Hall–Kier alpha value is -0.870. The van der Waals surface area contributed by atoms with Crippen LogP contribution in [0.2, 0.25) is 0 Å². The van der Waals surface area contributed by atoms with Crippen LogP contribution in [0, 0.1) is 11.8 Å². The van der Waals surface area contributed by atoms with E-state index in [1.807, 2.05) is 11.4 Å². The Morgan fingerprint density at radius 3 is 2.75 bits per heavy atom.